The number of fused-ring (bicyclic) bond motifs is 2. The number of carbonyl (C=O) groups is 2. The summed E-state index contributed by atoms with van der Waals surface area (Å²) in [5.74, 6) is 0.835. The molecule has 6 nitrogen and oxygen atoms in total. The van der Waals surface area contributed by atoms with Crippen LogP contribution in [0, 0.1) is 0 Å². The molecule has 2 amide bonds. The number of hydrogen-bond donors (Lipinski definition) is 1. The predicted octanol–water partition coefficient (Wildman–Crippen LogP) is 2.10. The molecule has 4 rings (SSSR count). The molecule has 3 aliphatic rings. The van der Waals surface area contributed by atoms with Gasteiger partial charge in [0.25, 0.3) is 5.91 Å². The molecule has 3 aliphatic heterocycles. The van der Waals surface area contributed by atoms with Gasteiger partial charge in [0.15, 0.2) is 0 Å². The molecule has 1 aromatic carbocycles. The Morgan fingerprint density at radius 3 is 3.08 bits per heavy atom. The Morgan fingerprint density at radius 1 is 1.36 bits per heavy atom. The Kier molecular flexibility index (Phi) is 3.67. The zero-order valence-electron chi connectivity index (χ0n) is 13.9. The highest BCUT2D eigenvalue weighted by molar-refractivity contribution is 6.09. The maximum absolute atomic E-state index is 13.1. The number of hydrogen-bond acceptors (Lipinski definition) is 4. The second kappa shape index (κ2) is 5.88. The van der Waals surface area contributed by atoms with Crippen molar-refractivity contribution in [1.82, 2.24) is 10.2 Å². The van der Waals surface area contributed by atoms with Gasteiger partial charge in [-0.05, 0) is 25.1 Å². The number of allylic oxidation sites excluding steroid dienone is 2. The highest BCUT2D eigenvalue weighted by Crippen LogP contribution is 2.34. The van der Waals surface area contributed by atoms with Crippen molar-refractivity contribution in [3.8, 4) is 5.75 Å². The number of aliphatic imine (C=N–C) groups is 1. The third-order valence-corrected chi connectivity index (χ3v) is 4.86. The predicted molar refractivity (Wildman–Crippen MR) is 93.0 cm³/mol. The van der Waals surface area contributed by atoms with Gasteiger partial charge in [0.05, 0.1) is 19.1 Å². The standard InChI is InChI=1S/C19H19N3O3/c1-19(12-17(23)21-16-8-4-5-10-22(16)19)18(24)20-14-9-11-25-15-7-3-2-6-13(14)15/h2-8,10,14H,9,11-12H2,1H3,(H,20,24). The lowest BCUT2D eigenvalue weighted by Crippen LogP contribution is -2.60. The Morgan fingerprint density at radius 2 is 2.20 bits per heavy atom. The minimum Gasteiger partial charge on any atom is -0.493 e. The minimum absolute atomic E-state index is 0.0470. The first-order chi connectivity index (χ1) is 12.1. The second-order valence-electron chi connectivity index (χ2n) is 6.59. The van der Waals surface area contributed by atoms with E-state index in [1.54, 1.807) is 30.2 Å². The Labute approximate surface area is 145 Å². The summed E-state index contributed by atoms with van der Waals surface area (Å²) < 4.78 is 5.65. The van der Waals surface area contributed by atoms with Gasteiger partial charge in [0.1, 0.15) is 17.1 Å². The highest BCUT2D eigenvalue weighted by atomic mass is 16.5. The molecule has 1 aromatic rings. The number of rotatable bonds is 2. The molecule has 0 spiro atoms. The van der Waals surface area contributed by atoms with Crippen LogP contribution in [0.5, 0.6) is 5.75 Å². The second-order valence-corrected chi connectivity index (χ2v) is 6.59. The van der Waals surface area contributed by atoms with Crippen LogP contribution < -0.4 is 10.1 Å². The van der Waals surface area contributed by atoms with E-state index in [1.165, 1.54) is 0 Å². The molecule has 0 saturated heterocycles. The maximum Gasteiger partial charge on any atom is 0.250 e. The zero-order valence-corrected chi connectivity index (χ0v) is 13.9. The molecule has 128 valence electrons. The van der Waals surface area contributed by atoms with E-state index in [2.05, 4.69) is 10.3 Å². The summed E-state index contributed by atoms with van der Waals surface area (Å²) >= 11 is 0. The van der Waals surface area contributed by atoms with Crippen LogP contribution in [0.15, 0.2) is 53.7 Å². The fourth-order valence-electron chi connectivity index (χ4n) is 3.48. The Hall–Kier alpha value is -2.89. The molecule has 3 heterocycles. The number of nitrogens with zero attached hydrogens (tertiary/aromatic N) is 2. The van der Waals surface area contributed by atoms with Crippen LogP contribution in [0.2, 0.25) is 0 Å². The third-order valence-electron chi connectivity index (χ3n) is 4.86. The van der Waals surface area contributed by atoms with Crippen LogP contribution in [-0.4, -0.2) is 34.7 Å². The van der Waals surface area contributed by atoms with Crippen LogP contribution in [-0.2, 0) is 9.59 Å². The van der Waals surface area contributed by atoms with Crippen molar-refractivity contribution in [3.63, 3.8) is 0 Å². The van der Waals surface area contributed by atoms with Gasteiger partial charge in [0.2, 0.25) is 5.91 Å². The molecule has 25 heavy (non-hydrogen) atoms. The van der Waals surface area contributed by atoms with E-state index in [0.29, 0.717) is 18.9 Å². The fourth-order valence-corrected chi connectivity index (χ4v) is 3.48. The summed E-state index contributed by atoms with van der Waals surface area (Å²) in [6, 6.07) is 7.59. The summed E-state index contributed by atoms with van der Waals surface area (Å²) in [6.07, 6.45) is 7.93. The van der Waals surface area contributed by atoms with Gasteiger partial charge in [-0.3, -0.25) is 9.59 Å². The van der Waals surface area contributed by atoms with Crippen LogP contribution >= 0.6 is 0 Å². The van der Waals surface area contributed by atoms with E-state index in [-0.39, 0.29) is 24.3 Å². The van der Waals surface area contributed by atoms with Gasteiger partial charge >= 0.3 is 0 Å². The molecule has 0 radical (unpaired) electrons. The number of amides is 2. The topological polar surface area (TPSA) is 71.0 Å². The van der Waals surface area contributed by atoms with Gasteiger partial charge in [-0.25, -0.2) is 0 Å². The number of nitrogens with one attached hydrogen (secondary N) is 1. The summed E-state index contributed by atoms with van der Waals surface area (Å²) in [7, 11) is 0. The van der Waals surface area contributed by atoms with E-state index >= 15 is 0 Å². The Balaban J connectivity index is 1.61. The zero-order chi connectivity index (χ0) is 17.4. The molecule has 1 N–H and O–H groups in total. The van der Waals surface area contributed by atoms with Crippen LogP contribution in [0.4, 0.5) is 0 Å². The molecule has 0 fully saturated rings. The highest BCUT2D eigenvalue weighted by Gasteiger charge is 2.46. The van der Waals surface area contributed by atoms with Gasteiger partial charge in [-0.1, -0.05) is 24.3 Å². The van der Waals surface area contributed by atoms with Gasteiger partial charge in [0, 0.05) is 18.2 Å². The lowest BCUT2D eigenvalue weighted by atomic mass is 9.90. The molecular weight excluding hydrogens is 318 g/mol. The molecular formula is C19H19N3O3. The number of benzene rings is 1. The van der Waals surface area contributed by atoms with Crippen molar-refractivity contribution in [2.45, 2.75) is 31.3 Å². The fraction of sp³-hybridized carbons (Fsp3) is 0.316. The number of ether oxygens (including phenoxy) is 1. The SMILES string of the molecule is CC1(C(=O)NC2CCOc3ccccc32)CC(=O)N=C2C=CC=CN21. The van der Waals surface area contributed by atoms with E-state index in [4.69, 9.17) is 4.74 Å². The average Bonchev–Trinajstić information content (AvgIpc) is 2.62. The lowest BCUT2D eigenvalue weighted by Gasteiger charge is -2.42. The van der Waals surface area contributed by atoms with Crippen molar-refractivity contribution in [1.29, 1.82) is 0 Å². The number of amidine groups is 1. The van der Waals surface area contributed by atoms with E-state index in [0.717, 1.165) is 11.3 Å². The average molecular weight is 337 g/mol. The molecule has 2 atom stereocenters. The summed E-state index contributed by atoms with van der Waals surface area (Å²) in [4.78, 5) is 31.0. The quantitative estimate of drug-likeness (QED) is 0.897. The largest absolute Gasteiger partial charge is 0.493 e. The monoisotopic (exact) mass is 337 g/mol. The van der Waals surface area contributed by atoms with Crippen molar-refractivity contribution in [3.05, 3.63) is 54.3 Å². The van der Waals surface area contributed by atoms with Crippen LogP contribution in [0.3, 0.4) is 0 Å². The number of para-hydroxylation sites is 1. The summed E-state index contributed by atoms with van der Waals surface area (Å²) in [5, 5.41) is 3.11. The first-order valence-electron chi connectivity index (χ1n) is 8.36. The number of carbonyl (C=O) groups excluding carboxylic acids is 2. The molecule has 0 bridgehead atoms. The van der Waals surface area contributed by atoms with Gasteiger partial charge in [-0.2, -0.15) is 4.99 Å². The van der Waals surface area contributed by atoms with Crippen molar-refractivity contribution >= 4 is 17.6 Å². The van der Waals surface area contributed by atoms with Crippen molar-refractivity contribution in [2.75, 3.05) is 6.61 Å². The van der Waals surface area contributed by atoms with Gasteiger partial charge < -0.3 is 15.0 Å². The molecule has 0 saturated carbocycles. The molecule has 0 aromatic heterocycles. The maximum atomic E-state index is 13.1. The smallest absolute Gasteiger partial charge is 0.250 e. The first kappa shape index (κ1) is 15.6. The summed E-state index contributed by atoms with van der Waals surface area (Å²) in [5.41, 5.74) is -0.0290. The molecule has 0 aliphatic carbocycles. The van der Waals surface area contributed by atoms with Crippen molar-refractivity contribution in [2.24, 2.45) is 4.99 Å². The first-order valence-corrected chi connectivity index (χ1v) is 8.36. The lowest BCUT2D eigenvalue weighted by molar-refractivity contribution is -0.135. The van der Waals surface area contributed by atoms with E-state index in [9.17, 15) is 9.59 Å². The minimum atomic E-state index is -0.997. The normalized spacial score (nSPS) is 27.1. The Bertz CT molecular complexity index is 827. The third kappa shape index (κ3) is 2.63. The van der Waals surface area contributed by atoms with Crippen LogP contribution in [0.25, 0.3) is 0 Å². The summed E-state index contributed by atoms with van der Waals surface area (Å²) in [6.45, 7) is 2.33. The van der Waals surface area contributed by atoms with E-state index < -0.39 is 5.54 Å². The van der Waals surface area contributed by atoms with E-state index in [1.807, 2.05) is 30.3 Å². The molecule has 2 unspecified atom stereocenters. The van der Waals surface area contributed by atoms with Crippen molar-refractivity contribution < 1.29 is 14.3 Å². The van der Waals surface area contributed by atoms with Crippen LogP contribution in [0.1, 0.15) is 31.4 Å². The van der Waals surface area contributed by atoms with Gasteiger partial charge in [-0.15, -0.1) is 0 Å². The molecule has 6 heteroatoms.